The molecule has 0 fully saturated rings. The van der Waals surface area contributed by atoms with Crippen LogP contribution in [0.1, 0.15) is 42.5 Å². The van der Waals surface area contributed by atoms with Gasteiger partial charge in [-0.3, -0.25) is 0 Å². The van der Waals surface area contributed by atoms with E-state index >= 15 is 0 Å². The zero-order valence-corrected chi connectivity index (χ0v) is 27.5. The van der Waals surface area contributed by atoms with Crippen LogP contribution in [-0.2, 0) is 0 Å². The molecule has 0 N–H and O–H groups in total. The number of rotatable bonds is 7. The summed E-state index contributed by atoms with van der Waals surface area (Å²) < 4.78 is 275. The minimum atomic E-state index is -1.05. The molecule has 0 amide bonds. The van der Waals surface area contributed by atoms with Crippen molar-refractivity contribution in [3.8, 4) is 73.2 Å². The molecular formula is C51H34N4. The van der Waals surface area contributed by atoms with E-state index in [4.69, 9.17) is 32.9 Å². The lowest BCUT2D eigenvalue weighted by atomic mass is 10.0. The number of para-hydroxylation sites is 1. The van der Waals surface area contributed by atoms with Crippen molar-refractivity contribution in [2.45, 2.75) is 0 Å². The van der Waals surface area contributed by atoms with Crippen LogP contribution >= 0.6 is 0 Å². The van der Waals surface area contributed by atoms with Crippen molar-refractivity contribution < 1.29 is 42.5 Å². The molecule has 0 aliphatic carbocycles. The second-order valence-corrected chi connectivity index (χ2v) is 11.3. The smallest absolute Gasteiger partial charge is 0.166 e. The van der Waals surface area contributed by atoms with Crippen molar-refractivity contribution in [3.05, 3.63) is 206 Å². The van der Waals surface area contributed by atoms with E-state index in [1.165, 1.54) is 0 Å². The monoisotopic (exact) mass is 733 g/mol. The second-order valence-electron chi connectivity index (χ2n) is 11.3. The normalized spacial score (nSPS) is 19.2. The van der Waals surface area contributed by atoms with Crippen LogP contribution < -0.4 is 0 Å². The third-order valence-electron chi connectivity index (χ3n) is 8.13. The summed E-state index contributed by atoms with van der Waals surface area (Å²) in [5, 5.41) is -1.08. The van der Waals surface area contributed by atoms with Crippen LogP contribution in [0.25, 0.3) is 95.0 Å². The van der Waals surface area contributed by atoms with E-state index in [0.29, 0.717) is 0 Å². The average Bonchev–Trinajstić information content (AvgIpc) is 1.51. The predicted molar refractivity (Wildman–Crippen MR) is 227 cm³/mol. The summed E-state index contributed by atoms with van der Waals surface area (Å²) in [6.45, 7) is 0. The van der Waals surface area contributed by atoms with Crippen LogP contribution in [0.5, 0.6) is 0 Å². The Morgan fingerprint density at radius 1 is 0.345 bits per heavy atom. The number of hydrogen-bond donors (Lipinski definition) is 0. The Hall–Kier alpha value is -7.43. The molecule has 10 rings (SSSR count). The summed E-state index contributed by atoms with van der Waals surface area (Å²) >= 11 is 0. The predicted octanol–water partition coefficient (Wildman–Crippen LogP) is 13.0. The van der Waals surface area contributed by atoms with Crippen molar-refractivity contribution in [2.75, 3.05) is 0 Å². The lowest BCUT2D eigenvalue weighted by molar-refractivity contribution is 1.06. The van der Waals surface area contributed by atoms with Gasteiger partial charge in [0.15, 0.2) is 17.5 Å². The Balaban J connectivity index is 1.48. The molecule has 0 saturated heterocycles. The summed E-state index contributed by atoms with van der Waals surface area (Å²) in [5.41, 5.74) is -7.89. The van der Waals surface area contributed by atoms with Gasteiger partial charge in [0.05, 0.1) is 59.2 Å². The van der Waals surface area contributed by atoms with E-state index in [9.17, 15) is 9.60 Å². The van der Waals surface area contributed by atoms with Crippen molar-refractivity contribution >= 4 is 21.8 Å². The van der Waals surface area contributed by atoms with Gasteiger partial charge in [0.2, 0.25) is 0 Å². The SMILES string of the molecule is [2H]c1c([2H])c([2H])c(-c2ccc(-n3c4c([2H])c([2H])c([2H])c([2H])c4c4c([2H])c([2H])c(-c5c([2H])c([2H])c([2H])c([2H])c5[2H])c([2H])c43)c(-c3nc(-c4c([2H])c([2H])c([2H])c([2H])c4[2H])nc(-c4c([2H])c([2H])c([2H])c(-c5c([2H])c([2H])c([2H])c([2H])c5[2H])c4[2H])n3)c2)c([2H])c1[2H]. The van der Waals surface area contributed by atoms with E-state index < -0.39 is 277 Å². The maximum Gasteiger partial charge on any atom is 0.166 e. The van der Waals surface area contributed by atoms with Crippen LogP contribution in [0.15, 0.2) is 206 Å². The Morgan fingerprint density at radius 2 is 0.836 bits per heavy atom. The molecule has 0 radical (unpaired) electrons. The maximum atomic E-state index is 9.94. The molecule has 0 unspecified atom stereocenters. The summed E-state index contributed by atoms with van der Waals surface area (Å²) in [7, 11) is 0. The molecule has 0 bridgehead atoms. The third kappa shape index (κ3) is 6.06. The van der Waals surface area contributed by atoms with E-state index in [0.717, 1.165) is 22.8 Å². The molecule has 8 aromatic carbocycles. The van der Waals surface area contributed by atoms with E-state index in [-0.39, 0.29) is 5.56 Å². The highest BCUT2D eigenvalue weighted by molar-refractivity contribution is 6.10. The van der Waals surface area contributed by atoms with Gasteiger partial charge in [-0.15, -0.1) is 0 Å². The summed E-state index contributed by atoms with van der Waals surface area (Å²) in [6.07, 6.45) is 0. The van der Waals surface area contributed by atoms with Crippen LogP contribution in [0.4, 0.5) is 0 Å². The van der Waals surface area contributed by atoms with E-state index in [2.05, 4.69) is 15.0 Å². The fourth-order valence-electron chi connectivity index (χ4n) is 5.75. The first-order chi connectivity index (χ1) is 40.1. The molecule has 4 nitrogen and oxygen atoms in total. The number of benzene rings is 8. The molecule has 0 atom stereocenters. The molecular weight excluding hydrogens is 669 g/mol. The van der Waals surface area contributed by atoms with E-state index in [1.54, 1.807) is 0 Å². The molecule has 0 spiro atoms. The van der Waals surface area contributed by atoms with Crippen molar-refractivity contribution in [3.63, 3.8) is 0 Å². The zero-order chi connectivity index (χ0) is 63.5. The van der Waals surface area contributed by atoms with Gasteiger partial charge in [-0.25, -0.2) is 15.0 Å². The second kappa shape index (κ2) is 13.8. The van der Waals surface area contributed by atoms with Gasteiger partial charge in [0.25, 0.3) is 0 Å². The molecule has 4 heteroatoms. The van der Waals surface area contributed by atoms with Gasteiger partial charge in [-0.05, 0) is 63.6 Å². The Labute approximate surface area is 363 Å². The first kappa shape index (κ1) is 13.5. The summed E-state index contributed by atoms with van der Waals surface area (Å²) in [4.78, 5) is 13.6. The quantitative estimate of drug-likeness (QED) is 0.164. The average molecular weight is 734 g/mol. The Bertz CT molecular complexity index is 4670. The fraction of sp³-hybridized carbons (Fsp3) is 0. The topological polar surface area (TPSA) is 43.6 Å². The van der Waals surface area contributed by atoms with Crippen LogP contribution in [-0.4, -0.2) is 19.5 Å². The maximum absolute atomic E-state index is 9.94. The molecule has 258 valence electrons. The Kier molecular flexibility index (Phi) is 3.39. The van der Waals surface area contributed by atoms with Crippen molar-refractivity contribution in [2.24, 2.45) is 0 Å². The van der Waals surface area contributed by atoms with Crippen molar-refractivity contribution in [1.29, 1.82) is 0 Å². The highest BCUT2D eigenvalue weighted by atomic mass is 15.1. The third-order valence-corrected chi connectivity index (χ3v) is 8.13. The zero-order valence-electron chi connectivity index (χ0n) is 58.5. The molecule has 0 aliphatic heterocycles. The number of fused-ring (bicyclic) bond motifs is 3. The van der Waals surface area contributed by atoms with Gasteiger partial charge in [0.1, 0.15) is 0 Å². The highest BCUT2D eigenvalue weighted by Gasteiger charge is 2.21. The summed E-state index contributed by atoms with van der Waals surface area (Å²) in [5.74, 6) is -2.66. The minimum Gasteiger partial charge on any atom is -0.308 e. The first-order valence-corrected chi connectivity index (χ1v) is 16.0. The minimum absolute atomic E-state index is 0.298. The lowest BCUT2D eigenvalue weighted by Crippen LogP contribution is -2.04. The standard InChI is InChI=1S/C51H34N4/c1-5-16-35(17-6-1)39-24-15-25-42(32-39)50-52-49(38-22-11-4-12-23-38)53-51(54-50)45-33-40(36-18-7-2-8-19-36)29-31-47(45)55-46-27-14-13-26-43(46)44-30-28-41(34-48(44)55)37-20-9-3-10-21-37/h1-34H/i1D,2D,3D,4D,5D,6D,7D,8D,9D,10D,11D,12D,13D,14D,15D,16D,17D,18D,19D,20D,21D,22D,23D,24D,25D,26D,27D,28D,30D,32D,34D. The molecule has 2 aromatic heterocycles. The largest absolute Gasteiger partial charge is 0.308 e. The summed E-state index contributed by atoms with van der Waals surface area (Å²) in [6, 6.07) is -25.2. The van der Waals surface area contributed by atoms with Crippen LogP contribution in [0.3, 0.4) is 0 Å². The molecule has 55 heavy (non-hydrogen) atoms. The van der Waals surface area contributed by atoms with Crippen LogP contribution in [0.2, 0.25) is 0 Å². The van der Waals surface area contributed by atoms with Crippen LogP contribution in [0, 0.1) is 0 Å². The number of hydrogen-bond acceptors (Lipinski definition) is 3. The van der Waals surface area contributed by atoms with Gasteiger partial charge < -0.3 is 4.57 Å². The number of aromatic nitrogens is 4. The molecule has 0 saturated carbocycles. The highest BCUT2D eigenvalue weighted by Crippen LogP contribution is 2.39. The first-order valence-electron chi connectivity index (χ1n) is 31.5. The lowest BCUT2D eigenvalue weighted by Gasteiger charge is -2.17. The number of nitrogens with zero attached hydrogens (tertiary/aromatic N) is 4. The van der Waals surface area contributed by atoms with Gasteiger partial charge in [-0.1, -0.05) is 175 Å². The van der Waals surface area contributed by atoms with E-state index in [1.807, 2.05) is 0 Å². The van der Waals surface area contributed by atoms with Crippen molar-refractivity contribution in [1.82, 2.24) is 19.5 Å². The molecule has 2 heterocycles. The van der Waals surface area contributed by atoms with Gasteiger partial charge >= 0.3 is 0 Å². The Morgan fingerprint density at radius 3 is 1.51 bits per heavy atom. The van der Waals surface area contributed by atoms with Gasteiger partial charge in [0, 0.05) is 27.5 Å². The molecule has 0 aliphatic rings. The molecule has 10 aromatic rings. The fourth-order valence-corrected chi connectivity index (χ4v) is 5.75. The van der Waals surface area contributed by atoms with Gasteiger partial charge in [-0.2, -0.15) is 0 Å².